The second-order valence-corrected chi connectivity index (χ2v) is 7.01. The van der Waals surface area contributed by atoms with Crippen LogP contribution in [0.3, 0.4) is 0 Å². The Bertz CT molecular complexity index is 923. The second-order valence-electron chi connectivity index (χ2n) is 5.07. The zero-order valence-corrected chi connectivity index (χ0v) is 15.0. The number of carbonyl (C=O) groups excluding carboxylic acids is 1. The first-order valence-electron chi connectivity index (χ1n) is 7.21. The molecule has 3 rings (SSSR count). The second kappa shape index (κ2) is 7.16. The normalized spacial score (nSPS) is 10.7. The minimum absolute atomic E-state index is 0.276. The van der Waals surface area contributed by atoms with Gasteiger partial charge in [0.1, 0.15) is 10.0 Å². The van der Waals surface area contributed by atoms with Crippen molar-refractivity contribution in [1.82, 2.24) is 15.3 Å². The van der Waals surface area contributed by atoms with Gasteiger partial charge in [0.2, 0.25) is 0 Å². The molecule has 0 aliphatic heterocycles. The number of aromatic hydroxyl groups is 1. The van der Waals surface area contributed by atoms with Crippen LogP contribution in [0.1, 0.15) is 10.7 Å². The summed E-state index contributed by atoms with van der Waals surface area (Å²) >= 11 is 2.81. The van der Waals surface area contributed by atoms with Crippen molar-refractivity contribution in [2.75, 3.05) is 7.11 Å². The van der Waals surface area contributed by atoms with Gasteiger partial charge >= 0.3 is 6.09 Å². The lowest BCUT2D eigenvalue weighted by Gasteiger charge is -1.99. The molecule has 0 saturated heterocycles. The molecule has 1 aromatic carbocycles. The predicted molar refractivity (Wildman–Crippen MR) is 94.3 cm³/mol. The van der Waals surface area contributed by atoms with Gasteiger partial charge in [-0.1, -0.05) is 0 Å². The van der Waals surface area contributed by atoms with E-state index in [0.717, 1.165) is 21.3 Å². The number of thiazole rings is 2. The third-order valence-electron chi connectivity index (χ3n) is 3.34. The van der Waals surface area contributed by atoms with Gasteiger partial charge in [-0.15, -0.1) is 22.7 Å². The summed E-state index contributed by atoms with van der Waals surface area (Å²) in [5, 5.41) is 15.1. The summed E-state index contributed by atoms with van der Waals surface area (Å²) in [4.78, 5) is 21.0. The summed E-state index contributed by atoms with van der Waals surface area (Å²) in [6.45, 7) is 2.14. The molecule has 3 aromatic rings. The van der Waals surface area contributed by atoms with Crippen molar-refractivity contribution in [3.8, 4) is 26.9 Å². The van der Waals surface area contributed by atoms with E-state index >= 15 is 0 Å². The van der Waals surface area contributed by atoms with Gasteiger partial charge in [0.15, 0.2) is 11.6 Å². The fraction of sp³-hybridized carbons (Fsp3) is 0.188. The SMILES string of the molecule is COC(=O)NCc1nc(C)c(-c2csc(-c3ccc(O)c(F)c3)n2)s1. The third kappa shape index (κ3) is 3.77. The Morgan fingerprint density at radius 3 is 2.92 bits per heavy atom. The molecule has 0 aliphatic rings. The lowest BCUT2D eigenvalue weighted by atomic mass is 10.2. The highest BCUT2D eigenvalue weighted by Gasteiger charge is 2.15. The molecule has 1 amide bonds. The molecule has 0 aliphatic carbocycles. The molecule has 130 valence electrons. The number of nitrogens with zero attached hydrogens (tertiary/aromatic N) is 2. The van der Waals surface area contributed by atoms with Gasteiger partial charge in [0.25, 0.3) is 0 Å². The zero-order valence-electron chi connectivity index (χ0n) is 13.4. The van der Waals surface area contributed by atoms with E-state index in [4.69, 9.17) is 0 Å². The average Bonchev–Trinajstić information content (AvgIpc) is 3.21. The Hall–Kier alpha value is -2.52. The summed E-state index contributed by atoms with van der Waals surface area (Å²) in [6, 6.07) is 4.18. The number of hydrogen-bond donors (Lipinski definition) is 2. The monoisotopic (exact) mass is 379 g/mol. The third-order valence-corrected chi connectivity index (χ3v) is 5.41. The number of halogens is 1. The van der Waals surface area contributed by atoms with Crippen molar-refractivity contribution < 1.29 is 19.0 Å². The van der Waals surface area contributed by atoms with E-state index in [1.165, 1.54) is 41.9 Å². The lowest BCUT2D eigenvalue weighted by Crippen LogP contribution is -2.22. The van der Waals surface area contributed by atoms with Gasteiger partial charge in [0, 0.05) is 10.9 Å². The summed E-state index contributed by atoms with van der Waals surface area (Å²) < 4.78 is 18.0. The fourth-order valence-corrected chi connectivity index (χ4v) is 3.98. The van der Waals surface area contributed by atoms with Crippen molar-refractivity contribution in [3.05, 3.63) is 40.1 Å². The van der Waals surface area contributed by atoms with Crippen molar-refractivity contribution in [2.24, 2.45) is 0 Å². The van der Waals surface area contributed by atoms with Gasteiger partial charge < -0.3 is 15.2 Å². The molecule has 6 nitrogen and oxygen atoms in total. The van der Waals surface area contributed by atoms with Crippen LogP contribution >= 0.6 is 22.7 Å². The number of rotatable bonds is 4. The van der Waals surface area contributed by atoms with Crippen molar-refractivity contribution in [2.45, 2.75) is 13.5 Å². The summed E-state index contributed by atoms with van der Waals surface area (Å²) in [5.41, 5.74) is 2.15. The van der Waals surface area contributed by atoms with Gasteiger partial charge in [-0.2, -0.15) is 0 Å². The van der Waals surface area contributed by atoms with E-state index < -0.39 is 11.9 Å². The number of alkyl carbamates (subject to hydrolysis) is 1. The summed E-state index contributed by atoms with van der Waals surface area (Å²) in [6.07, 6.45) is -0.514. The van der Waals surface area contributed by atoms with E-state index in [9.17, 15) is 14.3 Å². The zero-order chi connectivity index (χ0) is 18.0. The number of nitrogens with one attached hydrogen (secondary N) is 1. The maximum Gasteiger partial charge on any atom is 0.407 e. The molecule has 0 unspecified atom stereocenters. The van der Waals surface area contributed by atoms with Gasteiger partial charge in [-0.25, -0.2) is 19.2 Å². The number of phenols is 1. The Labute approximate surface area is 151 Å². The molecule has 9 heteroatoms. The van der Waals surface area contributed by atoms with Crippen LogP contribution in [0.25, 0.3) is 21.1 Å². The molecular weight excluding hydrogens is 365 g/mol. The smallest absolute Gasteiger partial charge is 0.407 e. The minimum atomic E-state index is -0.681. The van der Waals surface area contributed by atoms with E-state index in [1.54, 1.807) is 6.07 Å². The van der Waals surface area contributed by atoms with Crippen LogP contribution in [-0.4, -0.2) is 28.3 Å². The van der Waals surface area contributed by atoms with E-state index in [1.807, 2.05) is 12.3 Å². The molecule has 0 bridgehead atoms. The van der Waals surface area contributed by atoms with Crippen molar-refractivity contribution in [3.63, 3.8) is 0 Å². The summed E-state index contributed by atoms with van der Waals surface area (Å²) in [5.74, 6) is -1.07. The topological polar surface area (TPSA) is 84.3 Å². The number of ether oxygens (including phenoxy) is 1. The Morgan fingerprint density at radius 2 is 2.20 bits per heavy atom. The highest BCUT2D eigenvalue weighted by atomic mass is 32.1. The van der Waals surface area contributed by atoms with Crippen LogP contribution in [0.2, 0.25) is 0 Å². The Morgan fingerprint density at radius 1 is 1.40 bits per heavy atom. The highest BCUT2D eigenvalue weighted by molar-refractivity contribution is 7.16. The number of phenolic OH excluding ortho intramolecular Hbond substituents is 1. The number of amides is 1. The molecular formula is C16H14FN3O3S2. The van der Waals surface area contributed by atoms with Crippen molar-refractivity contribution in [1.29, 1.82) is 0 Å². The van der Waals surface area contributed by atoms with Crippen LogP contribution in [-0.2, 0) is 11.3 Å². The quantitative estimate of drug-likeness (QED) is 0.717. The number of hydrogen-bond acceptors (Lipinski definition) is 7. The van der Waals surface area contributed by atoms with E-state index in [2.05, 4.69) is 20.0 Å². The van der Waals surface area contributed by atoms with Crippen molar-refractivity contribution >= 4 is 28.8 Å². The van der Waals surface area contributed by atoms with Crippen LogP contribution < -0.4 is 5.32 Å². The predicted octanol–water partition coefficient (Wildman–Crippen LogP) is 3.94. The molecule has 25 heavy (non-hydrogen) atoms. The molecule has 2 aromatic heterocycles. The van der Waals surface area contributed by atoms with E-state index in [0.29, 0.717) is 10.6 Å². The molecule has 0 radical (unpaired) electrons. The first kappa shape index (κ1) is 17.3. The molecule has 0 atom stereocenters. The maximum atomic E-state index is 13.5. The van der Waals surface area contributed by atoms with Crippen LogP contribution in [0, 0.1) is 12.7 Å². The van der Waals surface area contributed by atoms with Crippen LogP contribution in [0.15, 0.2) is 23.6 Å². The van der Waals surface area contributed by atoms with Gasteiger partial charge in [-0.05, 0) is 25.1 Å². The molecule has 0 spiro atoms. The standard InChI is InChI=1S/C16H14FN3O3S2/c1-8-14(25-13(19-8)6-18-16(22)23-2)11-7-24-15(20-11)9-3-4-12(21)10(17)5-9/h3-5,7,21H,6H2,1-2H3,(H,18,22). The number of methoxy groups -OCH3 is 1. The van der Waals surface area contributed by atoms with Crippen LogP contribution in [0.5, 0.6) is 5.75 Å². The van der Waals surface area contributed by atoms with Crippen LogP contribution in [0.4, 0.5) is 9.18 Å². The minimum Gasteiger partial charge on any atom is -0.505 e. The first-order valence-corrected chi connectivity index (χ1v) is 8.90. The maximum absolute atomic E-state index is 13.5. The molecule has 2 N–H and O–H groups in total. The number of benzene rings is 1. The average molecular weight is 379 g/mol. The number of aromatic nitrogens is 2. The van der Waals surface area contributed by atoms with Gasteiger partial charge in [0.05, 0.1) is 29.9 Å². The highest BCUT2D eigenvalue weighted by Crippen LogP contribution is 2.34. The molecule has 0 fully saturated rings. The number of carbonyl (C=O) groups is 1. The lowest BCUT2D eigenvalue weighted by molar-refractivity contribution is 0.170. The van der Waals surface area contributed by atoms with Gasteiger partial charge in [-0.3, -0.25) is 0 Å². The van der Waals surface area contributed by atoms with E-state index in [-0.39, 0.29) is 12.3 Å². The summed E-state index contributed by atoms with van der Waals surface area (Å²) in [7, 11) is 1.30. The Kier molecular flexibility index (Phi) is 4.95. The first-order chi connectivity index (χ1) is 12.0. The number of aryl methyl sites for hydroxylation is 1. The molecule has 0 saturated carbocycles. The molecule has 2 heterocycles. The Balaban J connectivity index is 1.83. The fourth-order valence-electron chi connectivity index (χ4n) is 2.14. The largest absolute Gasteiger partial charge is 0.505 e.